The number of nitrogens with one attached hydrogen (secondary N) is 1. The molecule has 25 heavy (non-hydrogen) atoms. The molecule has 0 unspecified atom stereocenters. The van der Waals surface area contributed by atoms with E-state index in [2.05, 4.69) is 16.9 Å². The Hall–Kier alpha value is -2.11. The van der Waals surface area contributed by atoms with Crippen LogP contribution in [0, 0.1) is 5.92 Å². The van der Waals surface area contributed by atoms with Gasteiger partial charge in [0.05, 0.1) is 10.4 Å². The van der Waals surface area contributed by atoms with Crippen molar-refractivity contribution in [2.24, 2.45) is 5.92 Å². The average molecular weight is 373 g/mol. The molecule has 1 aliphatic rings. The van der Waals surface area contributed by atoms with Gasteiger partial charge in [0.15, 0.2) is 5.82 Å². The predicted octanol–water partition coefficient (Wildman–Crippen LogP) is 4.55. The molecular weight excluding hydrogens is 356 g/mol. The summed E-state index contributed by atoms with van der Waals surface area (Å²) < 4.78 is 0. The van der Waals surface area contributed by atoms with Gasteiger partial charge in [0.25, 0.3) is 5.56 Å². The number of thiophene rings is 1. The van der Waals surface area contributed by atoms with E-state index in [1.807, 2.05) is 0 Å². The summed E-state index contributed by atoms with van der Waals surface area (Å²) in [5, 5.41) is 10.4. The zero-order valence-corrected chi connectivity index (χ0v) is 15.2. The van der Waals surface area contributed by atoms with Crippen LogP contribution in [0.1, 0.15) is 35.2 Å². The van der Waals surface area contributed by atoms with Crippen molar-refractivity contribution in [1.29, 1.82) is 0 Å². The molecule has 2 aromatic heterocycles. The number of hydrogen-bond acceptors (Lipinski definition) is 4. The van der Waals surface area contributed by atoms with Crippen LogP contribution >= 0.6 is 22.9 Å². The quantitative estimate of drug-likeness (QED) is 0.693. The number of fused-ring (bicyclic) bond motifs is 3. The molecule has 128 valence electrons. The molecule has 4 nitrogen and oxygen atoms in total. The number of H-pyrrole nitrogens is 1. The van der Waals surface area contributed by atoms with Gasteiger partial charge >= 0.3 is 0 Å². The number of aromatic amines is 1. The first-order valence-electron chi connectivity index (χ1n) is 8.22. The lowest BCUT2D eigenvalue weighted by Gasteiger charge is -2.17. The van der Waals surface area contributed by atoms with E-state index in [0.29, 0.717) is 16.8 Å². The number of nitrogens with zero attached hydrogens (tertiary/aromatic N) is 1. The smallest absolute Gasteiger partial charge is 0.260 e. The summed E-state index contributed by atoms with van der Waals surface area (Å²) >= 11 is 7.98. The maximum Gasteiger partial charge on any atom is 0.260 e. The first-order chi connectivity index (χ1) is 12.0. The standard InChI is InChI=1S/C19H17ClN2O2S/c1-10-2-7-13-15(8-10)25-19-16(13)18(24)21-17(22-19)14(20)9-11-3-5-12(23)6-4-11/h3-6,9-10,23H,2,7-8H2,1H3,(H,21,22,24)/b14-9-/t10-/m1/s1. The molecule has 0 aliphatic heterocycles. The van der Waals surface area contributed by atoms with Gasteiger partial charge in [-0.1, -0.05) is 30.7 Å². The van der Waals surface area contributed by atoms with E-state index in [1.54, 1.807) is 41.7 Å². The van der Waals surface area contributed by atoms with E-state index in [4.69, 9.17) is 11.6 Å². The summed E-state index contributed by atoms with van der Waals surface area (Å²) in [6, 6.07) is 6.67. The number of halogens is 1. The molecule has 6 heteroatoms. The fourth-order valence-corrected chi connectivity index (χ4v) is 4.85. The van der Waals surface area contributed by atoms with Crippen molar-refractivity contribution in [3.63, 3.8) is 0 Å². The van der Waals surface area contributed by atoms with Crippen molar-refractivity contribution < 1.29 is 5.11 Å². The van der Waals surface area contributed by atoms with Crippen LogP contribution in [-0.4, -0.2) is 15.1 Å². The van der Waals surface area contributed by atoms with Crippen molar-refractivity contribution in [3.05, 3.63) is 56.4 Å². The van der Waals surface area contributed by atoms with Gasteiger partial charge < -0.3 is 10.1 Å². The van der Waals surface area contributed by atoms with Crippen LogP contribution in [0.15, 0.2) is 29.1 Å². The Labute approximate surface area is 153 Å². The van der Waals surface area contributed by atoms with Gasteiger partial charge in [0.2, 0.25) is 0 Å². The van der Waals surface area contributed by atoms with Gasteiger partial charge in [0.1, 0.15) is 10.6 Å². The van der Waals surface area contributed by atoms with Crippen LogP contribution in [0.25, 0.3) is 21.3 Å². The summed E-state index contributed by atoms with van der Waals surface area (Å²) in [4.78, 5) is 22.1. The first-order valence-corrected chi connectivity index (χ1v) is 9.42. The summed E-state index contributed by atoms with van der Waals surface area (Å²) in [5.41, 5.74) is 1.87. The highest BCUT2D eigenvalue weighted by Gasteiger charge is 2.23. The molecule has 0 bridgehead atoms. The number of benzene rings is 1. The van der Waals surface area contributed by atoms with Gasteiger partial charge in [0, 0.05) is 4.88 Å². The molecule has 0 saturated heterocycles. The van der Waals surface area contributed by atoms with Crippen LogP contribution in [0.5, 0.6) is 5.75 Å². The third kappa shape index (κ3) is 3.10. The number of phenolic OH excluding ortho intramolecular Hbond substituents is 1. The maximum absolute atomic E-state index is 12.6. The minimum absolute atomic E-state index is 0.121. The van der Waals surface area contributed by atoms with E-state index >= 15 is 0 Å². The molecule has 2 N–H and O–H groups in total. The normalized spacial score (nSPS) is 17.7. The Balaban J connectivity index is 1.78. The Kier molecular flexibility index (Phi) is 4.13. The number of aromatic nitrogens is 2. The molecule has 0 fully saturated rings. The van der Waals surface area contributed by atoms with E-state index in [0.717, 1.165) is 40.6 Å². The molecule has 2 heterocycles. The van der Waals surface area contributed by atoms with Crippen molar-refractivity contribution in [2.45, 2.75) is 26.2 Å². The largest absolute Gasteiger partial charge is 0.508 e. The second-order valence-corrected chi connectivity index (χ2v) is 8.02. The molecule has 1 atom stereocenters. The molecule has 3 aromatic rings. The van der Waals surface area contributed by atoms with E-state index in [-0.39, 0.29) is 11.3 Å². The monoisotopic (exact) mass is 372 g/mol. The Bertz CT molecular complexity index is 1030. The molecule has 0 spiro atoms. The second-order valence-electron chi connectivity index (χ2n) is 6.53. The summed E-state index contributed by atoms with van der Waals surface area (Å²) in [6.07, 6.45) is 4.79. The average Bonchev–Trinajstić information content (AvgIpc) is 2.94. The van der Waals surface area contributed by atoms with Crippen LogP contribution in [0.4, 0.5) is 0 Å². The summed E-state index contributed by atoms with van der Waals surface area (Å²) in [7, 11) is 0. The van der Waals surface area contributed by atoms with E-state index in [9.17, 15) is 9.90 Å². The van der Waals surface area contributed by atoms with Crippen molar-refractivity contribution in [1.82, 2.24) is 9.97 Å². The number of aromatic hydroxyl groups is 1. The number of rotatable bonds is 2. The molecule has 0 saturated carbocycles. The van der Waals surface area contributed by atoms with Crippen molar-refractivity contribution in [2.75, 3.05) is 0 Å². The molecular formula is C19H17ClN2O2S. The maximum atomic E-state index is 12.6. The Morgan fingerprint density at radius 1 is 1.40 bits per heavy atom. The van der Waals surface area contributed by atoms with Gasteiger partial charge in [-0.15, -0.1) is 11.3 Å². The Morgan fingerprint density at radius 2 is 2.16 bits per heavy atom. The molecule has 1 aliphatic carbocycles. The van der Waals surface area contributed by atoms with Crippen LogP contribution in [0.3, 0.4) is 0 Å². The molecule has 0 amide bonds. The molecule has 0 radical (unpaired) electrons. The number of hydrogen-bond donors (Lipinski definition) is 2. The second kappa shape index (κ2) is 6.32. The van der Waals surface area contributed by atoms with Crippen LogP contribution in [0.2, 0.25) is 0 Å². The van der Waals surface area contributed by atoms with Gasteiger partial charge in [-0.25, -0.2) is 4.98 Å². The van der Waals surface area contributed by atoms with Crippen molar-refractivity contribution in [3.8, 4) is 5.75 Å². The van der Waals surface area contributed by atoms with Crippen LogP contribution in [-0.2, 0) is 12.8 Å². The highest BCUT2D eigenvalue weighted by molar-refractivity contribution is 7.18. The molecule has 1 aromatic carbocycles. The lowest BCUT2D eigenvalue weighted by molar-refractivity contribution is 0.475. The topological polar surface area (TPSA) is 66.0 Å². The predicted molar refractivity (Wildman–Crippen MR) is 103 cm³/mol. The highest BCUT2D eigenvalue weighted by Crippen LogP contribution is 2.36. The van der Waals surface area contributed by atoms with E-state index < -0.39 is 0 Å². The third-order valence-corrected chi connectivity index (χ3v) is 6.01. The lowest BCUT2D eigenvalue weighted by Crippen LogP contribution is -2.14. The zero-order chi connectivity index (χ0) is 17.6. The van der Waals surface area contributed by atoms with Gasteiger partial charge in [-0.2, -0.15) is 0 Å². The van der Waals surface area contributed by atoms with Crippen molar-refractivity contribution >= 4 is 44.3 Å². The fourth-order valence-electron chi connectivity index (χ4n) is 3.25. The lowest BCUT2D eigenvalue weighted by atomic mass is 9.89. The first kappa shape index (κ1) is 16.4. The number of aryl methyl sites for hydroxylation is 1. The summed E-state index contributed by atoms with van der Waals surface area (Å²) in [6.45, 7) is 2.24. The number of phenols is 1. The summed E-state index contributed by atoms with van der Waals surface area (Å²) in [5.74, 6) is 1.22. The highest BCUT2D eigenvalue weighted by atomic mass is 35.5. The van der Waals surface area contributed by atoms with Gasteiger partial charge in [-0.05, 0) is 54.5 Å². The van der Waals surface area contributed by atoms with E-state index in [1.165, 1.54) is 4.88 Å². The van der Waals surface area contributed by atoms with Gasteiger partial charge in [-0.3, -0.25) is 4.79 Å². The fraction of sp³-hybridized carbons (Fsp3) is 0.263. The zero-order valence-electron chi connectivity index (χ0n) is 13.7. The SMILES string of the molecule is C[C@@H]1CCc2c(sc3nc(/C(Cl)=C/c4ccc(O)cc4)[nH]c(=O)c23)C1. The molecule has 4 rings (SSSR count). The minimum atomic E-state index is -0.121. The third-order valence-electron chi connectivity index (χ3n) is 4.58. The van der Waals surface area contributed by atoms with Crippen LogP contribution < -0.4 is 5.56 Å². The Morgan fingerprint density at radius 3 is 2.92 bits per heavy atom. The minimum Gasteiger partial charge on any atom is -0.508 e.